The number of hydrogen-bond acceptors (Lipinski definition) is 2. The van der Waals surface area contributed by atoms with Crippen molar-refractivity contribution in [2.45, 2.75) is 38.8 Å². The van der Waals surface area contributed by atoms with Gasteiger partial charge in [0.2, 0.25) is 5.91 Å². The summed E-state index contributed by atoms with van der Waals surface area (Å²) in [5, 5.41) is 5.71. The zero-order valence-corrected chi connectivity index (χ0v) is 14.5. The van der Waals surface area contributed by atoms with Crippen LogP contribution in [0.5, 0.6) is 0 Å². The largest absolute Gasteiger partial charge is 0.338 e. The molecular weight excluding hydrogens is 346 g/mol. The number of carbonyl (C=O) groups excluding carboxylic acids is 2. The van der Waals surface area contributed by atoms with E-state index in [-0.39, 0.29) is 24.0 Å². The summed E-state index contributed by atoms with van der Waals surface area (Å²) in [5.41, 5.74) is 1.16. The first-order valence-electron chi connectivity index (χ1n) is 7.54. The van der Waals surface area contributed by atoms with Crippen LogP contribution in [0.4, 0.5) is 4.79 Å². The lowest BCUT2D eigenvalue weighted by atomic mass is 10.1. The summed E-state index contributed by atoms with van der Waals surface area (Å²) in [6, 6.07) is 7.89. The number of amides is 3. The van der Waals surface area contributed by atoms with Gasteiger partial charge in [-0.15, -0.1) is 0 Å². The van der Waals surface area contributed by atoms with E-state index in [1.165, 1.54) is 0 Å². The van der Waals surface area contributed by atoms with E-state index >= 15 is 0 Å². The van der Waals surface area contributed by atoms with Gasteiger partial charge in [0, 0.05) is 30.0 Å². The van der Waals surface area contributed by atoms with Crippen molar-refractivity contribution in [2.75, 3.05) is 13.1 Å². The molecule has 0 saturated carbocycles. The van der Waals surface area contributed by atoms with E-state index in [4.69, 9.17) is 0 Å². The van der Waals surface area contributed by atoms with E-state index in [1.807, 2.05) is 38.1 Å². The summed E-state index contributed by atoms with van der Waals surface area (Å²) < 4.78 is 1.03. The standard InChI is InChI=1S/C16H22BrN3O2/c1-11(2)20-10-14(9-15(20)21)19-16(22)18-7-6-12-4-3-5-13(17)8-12/h3-5,8,11,14H,6-7,9-10H2,1-2H3,(H2,18,19,22). The molecule has 6 heteroatoms. The zero-order valence-electron chi connectivity index (χ0n) is 12.9. The molecule has 0 spiro atoms. The van der Waals surface area contributed by atoms with Crippen molar-refractivity contribution >= 4 is 27.9 Å². The van der Waals surface area contributed by atoms with Crippen molar-refractivity contribution in [2.24, 2.45) is 0 Å². The first-order chi connectivity index (χ1) is 10.5. The smallest absolute Gasteiger partial charge is 0.315 e. The van der Waals surface area contributed by atoms with E-state index in [0.29, 0.717) is 19.5 Å². The summed E-state index contributed by atoms with van der Waals surface area (Å²) in [4.78, 5) is 25.5. The number of benzene rings is 1. The van der Waals surface area contributed by atoms with Gasteiger partial charge in [-0.1, -0.05) is 28.1 Å². The summed E-state index contributed by atoms with van der Waals surface area (Å²) in [5.74, 6) is 0.106. The fraction of sp³-hybridized carbons (Fsp3) is 0.500. The summed E-state index contributed by atoms with van der Waals surface area (Å²) in [7, 11) is 0. The summed E-state index contributed by atoms with van der Waals surface area (Å²) in [6.07, 6.45) is 1.16. The van der Waals surface area contributed by atoms with Gasteiger partial charge < -0.3 is 15.5 Å². The maximum atomic E-state index is 11.9. The molecule has 1 aliphatic rings. The highest BCUT2D eigenvalue weighted by Gasteiger charge is 2.31. The van der Waals surface area contributed by atoms with E-state index < -0.39 is 0 Å². The second kappa shape index (κ2) is 7.63. The molecule has 1 saturated heterocycles. The minimum absolute atomic E-state index is 0.0965. The SMILES string of the molecule is CC(C)N1CC(NC(=O)NCCc2cccc(Br)c2)CC1=O. The Morgan fingerprint density at radius 3 is 2.86 bits per heavy atom. The first kappa shape index (κ1) is 16.8. The highest BCUT2D eigenvalue weighted by Crippen LogP contribution is 2.14. The number of halogens is 1. The van der Waals surface area contributed by atoms with Gasteiger partial charge in [-0.2, -0.15) is 0 Å². The fourth-order valence-corrected chi connectivity index (χ4v) is 3.02. The van der Waals surface area contributed by atoms with Gasteiger partial charge in [0.15, 0.2) is 0 Å². The molecule has 1 aromatic carbocycles. The zero-order chi connectivity index (χ0) is 16.1. The van der Waals surface area contributed by atoms with Crippen LogP contribution in [-0.2, 0) is 11.2 Å². The third-order valence-corrected chi connectivity index (χ3v) is 4.20. The van der Waals surface area contributed by atoms with Crippen LogP contribution < -0.4 is 10.6 Å². The Bertz CT molecular complexity index is 548. The van der Waals surface area contributed by atoms with Crippen LogP contribution in [0.1, 0.15) is 25.8 Å². The van der Waals surface area contributed by atoms with E-state index in [1.54, 1.807) is 4.90 Å². The Kier molecular flexibility index (Phi) is 5.83. The van der Waals surface area contributed by atoms with Crippen LogP contribution >= 0.6 is 15.9 Å². The van der Waals surface area contributed by atoms with Crippen molar-refractivity contribution < 1.29 is 9.59 Å². The minimum atomic E-state index is -0.210. The third kappa shape index (κ3) is 4.73. The molecule has 1 aromatic rings. The second-order valence-corrected chi connectivity index (χ2v) is 6.74. The highest BCUT2D eigenvalue weighted by atomic mass is 79.9. The normalized spacial score (nSPS) is 17.9. The molecule has 1 atom stereocenters. The molecule has 0 bridgehead atoms. The van der Waals surface area contributed by atoms with Gasteiger partial charge in [-0.3, -0.25) is 4.79 Å². The van der Waals surface area contributed by atoms with Crippen molar-refractivity contribution in [1.82, 2.24) is 15.5 Å². The van der Waals surface area contributed by atoms with Gasteiger partial charge in [0.1, 0.15) is 0 Å². The van der Waals surface area contributed by atoms with Crippen LogP contribution in [0, 0.1) is 0 Å². The lowest BCUT2D eigenvalue weighted by Crippen LogP contribution is -2.44. The van der Waals surface area contributed by atoms with E-state index in [9.17, 15) is 9.59 Å². The van der Waals surface area contributed by atoms with Crippen molar-refractivity contribution in [3.05, 3.63) is 34.3 Å². The molecule has 22 heavy (non-hydrogen) atoms. The Balaban J connectivity index is 1.71. The van der Waals surface area contributed by atoms with Crippen molar-refractivity contribution in [3.63, 3.8) is 0 Å². The van der Waals surface area contributed by atoms with Gasteiger partial charge in [0.25, 0.3) is 0 Å². The maximum Gasteiger partial charge on any atom is 0.315 e. The second-order valence-electron chi connectivity index (χ2n) is 5.82. The Hall–Kier alpha value is -1.56. The molecule has 5 nitrogen and oxygen atoms in total. The predicted molar refractivity (Wildman–Crippen MR) is 89.6 cm³/mol. The average molecular weight is 368 g/mol. The topological polar surface area (TPSA) is 61.4 Å². The molecule has 1 heterocycles. The number of carbonyl (C=O) groups is 2. The van der Waals surface area contributed by atoms with Gasteiger partial charge in [-0.25, -0.2) is 4.79 Å². The number of urea groups is 1. The van der Waals surface area contributed by atoms with Crippen LogP contribution in [0.2, 0.25) is 0 Å². The molecule has 0 radical (unpaired) electrons. The Morgan fingerprint density at radius 2 is 2.23 bits per heavy atom. The van der Waals surface area contributed by atoms with E-state index in [0.717, 1.165) is 16.5 Å². The molecule has 120 valence electrons. The molecule has 1 aliphatic heterocycles. The number of rotatable bonds is 5. The van der Waals surface area contributed by atoms with Crippen molar-refractivity contribution in [1.29, 1.82) is 0 Å². The highest BCUT2D eigenvalue weighted by molar-refractivity contribution is 9.10. The van der Waals surface area contributed by atoms with Crippen LogP contribution in [0.15, 0.2) is 28.7 Å². The van der Waals surface area contributed by atoms with Crippen LogP contribution in [0.25, 0.3) is 0 Å². The molecule has 1 unspecified atom stereocenters. The fourth-order valence-electron chi connectivity index (χ4n) is 2.58. The number of likely N-dealkylation sites (tertiary alicyclic amines) is 1. The quantitative estimate of drug-likeness (QED) is 0.838. The predicted octanol–water partition coefficient (Wildman–Crippen LogP) is 2.30. The molecule has 0 aromatic heterocycles. The molecular formula is C16H22BrN3O2. The Labute approximate surface area is 139 Å². The van der Waals surface area contributed by atoms with Crippen LogP contribution in [0.3, 0.4) is 0 Å². The molecule has 2 N–H and O–H groups in total. The summed E-state index contributed by atoms with van der Waals surface area (Å²) in [6.45, 7) is 5.13. The third-order valence-electron chi connectivity index (χ3n) is 3.71. The van der Waals surface area contributed by atoms with Crippen LogP contribution in [-0.4, -0.2) is 42.0 Å². The van der Waals surface area contributed by atoms with Gasteiger partial charge in [-0.05, 0) is 38.0 Å². The number of nitrogens with one attached hydrogen (secondary N) is 2. The molecule has 3 amide bonds. The van der Waals surface area contributed by atoms with Gasteiger partial charge in [0.05, 0.1) is 6.04 Å². The minimum Gasteiger partial charge on any atom is -0.338 e. The molecule has 0 aliphatic carbocycles. The lowest BCUT2D eigenvalue weighted by molar-refractivity contribution is -0.129. The molecule has 2 rings (SSSR count). The average Bonchev–Trinajstić information content (AvgIpc) is 2.79. The van der Waals surface area contributed by atoms with E-state index in [2.05, 4.69) is 26.6 Å². The Morgan fingerprint density at radius 1 is 1.45 bits per heavy atom. The first-order valence-corrected chi connectivity index (χ1v) is 8.33. The lowest BCUT2D eigenvalue weighted by Gasteiger charge is -2.21. The number of hydrogen-bond donors (Lipinski definition) is 2. The van der Waals surface area contributed by atoms with Crippen molar-refractivity contribution in [3.8, 4) is 0 Å². The van der Waals surface area contributed by atoms with Gasteiger partial charge >= 0.3 is 6.03 Å². The monoisotopic (exact) mass is 367 g/mol. The number of nitrogens with zero attached hydrogens (tertiary/aromatic N) is 1. The summed E-state index contributed by atoms with van der Waals surface area (Å²) >= 11 is 3.43. The molecule has 1 fully saturated rings. The maximum absolute atomic E-state index is 11.9.